The quantitative estimate of drug-likeness (QED) is 0.227. The summed E-state index contributed by atoms with van der Waals surface area (Å²) >= 11 is -2.61. The molecule has 11 nitrogen and oxygen atoms in total. The Morgan fingerprint density at radius 2 is 0.538 bits per heavy atom. The van der Waals surface area contributed by atoms with Crippen molar-refractivity contribution in [2.45, 2.75) is 81.1 Å². The molecule has 0 saturated heterocycles. The van der Waals surface area contributed by atoms with Crippen LogP contribution in [0.2, 0.25) is 0 Å². The fraction of sp³-hybridized carbons (Fsp3) is 1.00. The van der Waals surface area contributed by atoms with Crippen molar-refractivity contribution in [2.75, 3.05) is 0 Å². The van der Waals surface area contributed by atoms with E-state index in [4.69, 9.17) is 48.4 Å². The van der Waals surface area contributed by atoms with Gasteiger partial charge in [-0.3, -0.25) is 27.3 Å². The third-order valence-corrected chi connectivity index (χ3v) is 0. The Hall–Kier alpha value is -0.190. The molecule has 0 atom stereocenters. The zero-order valence-electron chi connectivity index (χ0n) is 16.8. The van der Waals surface area contributed by atoms with Gasteiger partial charge in [-0.05, 0) is 0 Å². The van der Waals surface area contributed by atoms with E-state index in [2.05, 4.69) is 55.4 Å². The van der Waals surface area contributed by atoms with Gasteiger partial charge in [0, 0.05) is 0 Å². The number of rotatable bonds is 0. The van der Waals surface area contributed by atoms with E-state index in [1.54, 1.807) is 0 Å². The van der Waals surface area contributed by atoms with Crippen molar-refractivity contribution in [1.29, 1.82) is 0 Å². The Kier molecular flexibility index (Phi) is 68.7. The Balaban J connectivity index is -0.0000000329. The lowest BCUT2D eigenvalue weighted by Gasteiger charge is -1.68. The molecule has 0 aliphatic heterocycles. The summed E-state index contributed by atoms with van der Waals surface area (Å²) in [5, 5.41) is 0. The van der Waals surface area contributed by atoms with Gasteiger partial charge >= 0.3 is 20.8 Å². The van der Waals surface area contributed by atoms with Gasteiger partial charge in [0.25, 0.3) is 11.4 Å². The fourth-order valence-corrected chi connectivity index (χ4v) is 0. The minimum atomic E-state index is -4.67. The van der Waals surface area contributed by atoms with E-state index in [0.29, 0.717) is 0 Å². The molecule has 0 aromatic heterocycles. The first-order valence-corrected chi connectivity index (χ1v) is 11.4. The largest absolute Gasteiger partial charge is 0.394 e. The molecule has 26 heavy (non-hydrogen) atoms. The van der Waals surface area contributed by atoms with Crippen molar-refractivity contribution in [3.8, 4) is 0 Å². The molecule has 6 N–H and O–H groups in total. The lowest BCUT2D eigenvalue weighted by atomic mass is 10.6. The van der Waals surface area contributed by atoms with E-state index >= 15 is 0 Å². The summed E-state index contributed by atoms with van der Waals surface area (Å²) in [4.78, 5) is 0. The van der Waals surface area contributed by atoms with Crippen LogP contribution in [0.25, 0.3) is 0 Å². The second-order valence-electron chi connectivity index (χ2n) is 3.95. The van der Waals surface area contributed by atoms with E-state index in [9.17, 15) is 0 Å². The molecule has 0 aliphatic rings. The van der Waals surface area contributed by atoms with Crippen LogP contribution < -0.4 is 0 Å². The van der Waals surface area contributed by atoms with Crippen molar-refractivity contribution >= 4 is 32.2 Å². The first-order chi connectivity index (χ1) is 11.4. The zero-order chi connectivity index (χ0) is 23.4. The molecule has 0 unspecified atom stereocenters. The molecule has 0 aromatic carbocycles. The van der Waals surface area contributed by atoms with E-state index < -0.39 is 32.2 Å². The van der Waals surface area contributed by atoms with Crippen LogP contribution in [0.3, 0.4) is 0 Å². The number of hydrogen-bond acceptors (Lipinski definition) is 5. The van der Waals surface area contributed by atoms with E-state index in [1.807, 2.05) is 0 Å². The minimum Gasteiger partial charge on any atom is -0.284 e. The first-order valence-electron chi connectivity index (χ1n) is 7.59. The standard InChI is InChI=1S/4C3H8.2H2O4S.H2O3S/c4*1-3-2;2*1-5(2,3)4;1-4(2)3/h4*3H2,1-2H3;2*(H2,1,2,3,4);(H2,1,2,3). The van der Waals surface area contributed by atoms with Gasteiger partial charge in [0.05, 0.1) is 0 Å². The van der Waals surface area contributed by atoms with Gasteiger partial charge in [0.2, 0.25) is 0 Å². The monoisotopic (exact) mass is 454 g/mol. The molecular weight excluding hydrogens is 416 g/mol. The SMILES string of the molecule is CCC.CCC.CCC.CCC.O=S(=O)(O)O.O=S(=O)(O)O.O=S(O)O. The highest BCUT2D eigenvalue weighted by molar-refractivity contribution is 7.80. The predicted octanol–water partition coefficient (Wildman–Crippen LogP) is 4.04. The normalized spacial score (nSPS) is 8.58. The summed E-state index contributed by atoms with van der Waals surface area (Å²) in [6.07, 6.45) is 5.00. The highest BCUT2D eigenvalue weighted by Gasteiger charge is 1.85. The van der Waals surface area contributed by atoms with Gasteiger partial charge in [0.15, 0.2) is 0 Å². The first kappa shape index (κ1) is 44.9. The van der Waals surface area contributed by atoms with Crippen molar-refractivity contribution in [3.05, 3.63) is 0 Å². The molecule has 0 radical (unpaired) electrons. The maximum atomic E-state index is 8.74. The lowest BCUT2D eigenvalue weighted by Crippen LogP contribution is -1.89. The van der Waals surface area contributed by atoms with Gasteiger partial charge in [-0.1, -0.05) is 81.1 Å². The van der Waals surface area contributed by atoms with Crippen LogP contribution in [-0.2, 0) is 32.2 Å². The van der Waals surface area contributed by atoms with E-state index in [0.717, 1.165) is 0 Å². The fourth-order valence-electron chi connectivity index (χ4n) is 0. The average molecular weight is 455 g/mol. The van der Waals surface area contributed by atoms with Crippen LogP contribution in [0.4, 0.5) is 0 Å². The second-order valence-corrected chi connectivity index (χ2v) is 6.21. The van der Waals surface area contributed by atoms with Gasteiger partial charge in [0.1, 0.15) is 0 Å². The maximum Gasteiger partial charge on any atom is 0.394 e. The van der Waals surface area contributed by atoms with Gasteiger partial charge in [-0.25, -0.2) is 0 Å². The lowest BCUT2D eigenvalue weighted by molar-refractivity contribution is 0.378. The van der Waals surface area contributed by atoms with E-state index in [-0.39, 0.29) is 0 Å². The molecule has 0 bridgehead atoms. The average Bonchev–Trinajstić information content (AvgIpc) is 2.26. The van der Waals surface area contributed by atoms with Crippen molar-refractivity contribution in [1.82, 2.24) is 0 Å². The Morgan fingerprint density at radius 1 is 0.538 bits per heavy atom. The molecule has 0 rings (SSSR count). The molecule has 0 spiro atoms. The molecule has 0 fully saturated rings. The van der Waals surface area contributed by atoms with Crippen LogP contribution in [-0.4, -0.2) is 48.4 Å². The molecule has 170 valence electrons. The molecular formula is C12H38O11S3. The van der Waals surface area contributed by atoms with Crippen LogP contribution in [0.5, 0.6) is 0 Å². The molecule has 0 saturated carbocycles. The van der Waals surface area contributed by atoms with Crippen LogP contribution >= 0.6 is 0 Å². The van der Waals surface area contributed by atoms with Gasteiger partial charge in [-0.15, -0.1) is 0 Å². The van der Waals surface area contributed by atoms with E-state index in [1.165, 1.54) is 25.7 Å². The van der Waals surface area contributed by atoms with Crippen LogP contribution in [0.15, 0.2) is 0 Å². The summed E-state index contributed by atoms with van der Waals surface area (Å²) in [5.41, 5.74) is 0. The Morgan fingerprint density at radius 3 is 0.538 bits per heavy atom. The maximum absolute atomic E-state index is 8.74. The minimum absolute atomic E-state index is 1.25. The number of hydrogen-bond donors (Lipinski definition) is 6. The molecule has 0 aromatic rings. The molecule has 0 amide bonds. The van der Waals surface area contributed by atoms with Crippen LogP contribution in [0, 0.1) is 0 Å². The molecule has 14 heteroatoms. The van der Waals surface area contributed by atoms with Crippen molar-refractivity contribution in [2.24, 2.45) is 0 Å². The Bertz CT molecular complexity index is 348. The summed E-state index contributed by atoms with van der Waals surface area (Å²) in [7, 11) is -9.33. The summed E-state index contributed by atoms with van der Waals surface area (Å²) < 4.78 is 86.0. The highest BCUT2D eigenvalue weighted by Crippen LogP contribution is 1.60. The third kappa shape index (κ3) is 343000. The smallest absolute Gasteiger partial charge is 0.284 e. The van der Waals surface area contributed by atoms with Gasteiger partial charge in [-0.2, -0.15) is 21.0 Å². The molecule has 0 heterocycles. The zero-order valence-corrected chi connectivity index (χ0v) is 19.2. The van der Waals surface area contributed by atoms with Crippen LogP contribution in [0.1, 0.15) is 81.1 Å². The third-order valence-electron chi connectivity index (χ3n) is 0. The second kappa shape index (κ2) is 39.8. The van der Waals surface area contributed by atoms with Crippen molar-refractivity contribution in [3.63, 3.8) is 0 Å². The summed E-state index contributed by atoms with van der Waals surface area (Å²) in [5.74, 6) is 0. The summed E-state index contributed by atoms with van der Waals surface area (Å²) in [6.45, 7) is 17.0. The summed E-state index contributed by atoms with van der Waals surface area (Å²) in [6, 6.07) is 0. The Labute approximate surface area is 161 Å². The van der Waals surface area contributed by atoms with Gasteiger partial charge < -0.3 is 0 Å². The van der Waals surface area contributed by atoms with Crippen molar-refractivity contribution < 1.29 is 48.4 Å². The highest BCUT2D eigenvalue weighted by atomic mass is 32.3. The topological polar surface area (TPSA) is 207 Å². The molecule has 0 aliphatic carbocycles. The predicted molar refractivity (Wildman–Crippen MR) is 106 cm³/mol.